The van der Waals surface area contributed by atoms with Gasteiger partial charge in [0, 0.05) is 12.5 Å². The van der Waals surface area contributed by atoms with E-state index < -0.39 is 0 Å². The Morgan fingerprint density at radius 2 is 1.81 bits per heavy atom. The number of nitrogens with one attached hydrogen (secondary N) is 3. The van der Waals surface area contributed by atoms with Crippen LogP contribution in [0.4, 0.5) is 5.82 Å². The summed E-state index contributed by atoms with van der Waals surface area (Å²) in [4.78, 5) is 10.7. The molecule has 2 fully saturated rings. The van der Waals surface area contributed by atoms with E-state index in [0.717, 1.165) is 6.42 Å². The van der Waals surface area contributed by atoms with Gasteiger partial charge in [0.05, 0.1) is 18.6 Å². The molecule has 3 heterocycles. The van der Waals surface area contributed by atoms with Crippen LogP contribution < -0.4 is 16.2 Å². The van der Waals surface area contributed by atoms with Gasteiger partial charge in [0.1, 0.15) is 11.9 Å². The number of hydrogen-bond donors (Lipinski definition) is 3. The second-order valence-corrected chi connectivity index (χ2v) is 7.42. The zero-order valence-electron chi connectivity index (χ0n) is 15.5. The molecule has 2 aliphatic rings. The van der Waals surface area contributed by atoms with Crippen LogP contribution in [0.1, 0.15) is 48.0 Å². The summed E-state index contributed by atoms with van der Waals surface area (Å²) in [5.74, 6) is 1.35. The minimum Gasteiger partial charge on any atom is -0.352 e. The predicted octanol–water partition coefficient (Wildman–Crippen LogP) is 2.13. The SMILES string of the molecule is CN1CCC(c2ccc(C3CC(Nc4cnc(C#N)cn4)NN3)cc2)CC1. The van der Waals surface area contributed by atoms with Crippen LogP contribution in [0.3, 0.4) is 0 Å². The lowest BCUT2D eigenvalue weighted by Gasteiger charge is -2.29. The van der Waals surface area contributed by atoms with Crippen molar-refractivity contribution >= 4 is 5.82 Å². The summed E-state index contributed by atoms with van der Waals surface area (Å²) in [5, 5.41) is 12.1. The van der Waals surface area contributed by atoms with E-state index in [9.17, 15) is 0 Å². The highest BCUT2D eigenvalue weighted by Crippen LogP contribution is 2.29. The Labute approximate surface area is 159 Å². The predicted molar refractivity (Wildman–Crippen MR) is 104 cm³/mol. The molecular weight excluding hydrogens is 338 g/mol. The smallest absolute Gasteiger partial charge is 0.158 e. The summed E-state index contributed by atoms with van der Waals surface area (Å²) in [6, 6.07) is 11.3. The first-order chi connectivity index (χ1) is 13.2. The van der Waals surface area contributed by atoms with Crippen LogP contribution in [0.15, 0.2) is 36.7 Å². The lowest BCUT2D eigenvalue weighted by molar-refractivity contribution is 0.255. The summed E-state index contributed by atoms with van der Waals surface area (Å²) >= 11 is 0. The van der Waals surface area contributed by atoms with Gasteiger partial charge in [-0.25, -0.2) is 20.8 Å². The van der Waals surface area contributed by atoms with Gasteiger partial charge < -0.3 is 10.2 Å². The molecule has 0 amide bonds. The molecule has 7 heteroatoms. The molecule has 7 nitrogen and oxygen atoms in total. The molecule has 2 unspecified atom stereocenters. The number of anilines is 1. The zero-order valence-corrected chi connectivity index (χ0v) is 15.5. The van der Waals surface area contributed by atoms with Crippen LogP contribution >= 0.6 is 0 Å². The molecule has 2 atom stereocenters. The maximum absolute atomic E-state index is 8.79. The summed E-state index contributed by atoms with van der Waals surface area (Å²) in [7, 11) is 2.20. The highest BCUT2D eigenvalue weighted by Gasteiger charge is 2.25. The van der Waals surface area contributed by atoms with E-state index in [1.54, 1.807) is 6.20 Å². The molecule has 2 aliphatic heterocycles. The van der Waals surface area contributed by atoms with Crippen molar-refractivity contribution in [3.8, 4) is 6.07 Å². The molecule has 27 heavy (non-hydrogen) atoms. The summed E-state index contributed by atoms with van der Waals surface area (Å²) in [5.41, 5.74) is 9.68. The van der Waals surface area contributed by atoms with Crippen molar-refractivity contribution < 1.29 is 0 Å². The first-order valence-corrected chi connectivity index (χ1v) is 9.49. The first-order valence-electron chi connectivity index (χ1n) is 9.49. The molecule has 140 valence electrons. The number of piperidine rings is 1. The molecule has 1 aromatic carbocycles. The molecule has 1 aromatic heterocycles. The Kier molecular flexibility index (Phi) is 5.30. The number of nitriles is 1. The summed E-state index contributed by atoms with van der Waals surface area (Å²) < 4.78 is 0. The molecule has 0 aliphatic carbocycles. The molecule has 3 N–H and O–H groups in total. The number of hydrazine groups is 1. The van der Waals surface area contributed by atoms with Crippen LogP contribution in [-0.4, -0.2) is 41.2 Å². The Hall–Kier alpha value is -2.53. The number of hydrogen-bond acceptors (Lipinski definition) is 7. The van der Waals surface area contributed by atoms with Crippen LogP contribution in [0.5, 0.6) is 0 Å². The Morgan fingerprint density at radius 3 is 2.48 bits per heavy atom. The van der Waals surface area contributed by atoms with Crippen molar-refractivity contribution in [2.24, 2.45) is 0 Å². The van der Waals surface area contributed by atoms with Crippen molar-refractivity contribution in [2.75, 3.05) is 25.5 Å². The standard InChI is InChI=1S/C20H25N7/c1-27-8-6-15(7-9-27)14-2-4-16(5-3-14)18-10-19(26-25-18)24-20-13-22-17(11-21)12-23-20/h2-5,12-13,15,18-19,25-26H,6-10H2,1H3,(H,23,24). The third-order valence-corrected chi connectivity index (χ3v) is 5.52. The van der Waals surface area contributed by atoms with E-state index in [0.29, 0.717) is 17.4 Å². The van der Waals surface area contributed by atoms with E-state index in [-0.39, 0.29) is 12.2 Å². The van der Waals surface area contributed by atoms with Gasteiger partial charge in [-0.1, -0.05) is 24.3 Å². The summed E-state index contributed by atoms with van der Waals surface area (Å²) in [6.45, 7) is 2.37. The monoisotopic (exact) mass is 363 g/mol. The van der Waals surface area contributed by atoms with Gasteiger partial charge in [0.2, 0.25) is 0 Å². The van der Waals surface area contributed by atoms with Gasteiger partial charge in [-0.2, -0.15) is 5.26 Å². The minimum absolute atomic E-state index is 0.0609. The Balaban J connectivity index is 1.33. The van der Waals surface area contributed by atoms with Crippen molar-refractivity contribution in [2.45, 2.75) is 37.4 Å². The lowest BCUT2D eigenvalue weighted by atomic mass is 9.88. The fourth-order valence-corrected chi connectivity index (χ4v) is 3.85. The second kappa shape index (κ2) is 8.01. The van der Waals surface area contributed by atoms with Gasteiger partial charge in [-0.05, 0) is 50.0 Å². The zero-order chi connectivity index (χ0) is 18.6. The average molecular weight is 363 g/mol. The number of aromatic nitrogens is 2. The van der Waals surface area contributed by atoms with E-state index in [1.807, 2.05) is 6.07 Å². The van der Waals surface area contributed by atoms with E-state index >= 15 is 0 Å². The lowest BCUT2D eigenvalue weighted by Crippen LogP contribution is -2.36. The first kappa shape index (κ1) is 17.9. The topological polar surface area (TPSA) is 88.9 Å². The molecule has 4 rings (SSSR count). The van der Waals surface area contributed by atoms with Crippen LogP contribution in [-0.2, 0) is 0 Å². The molecular formula is C20H25N7. The quantitative estimate of drug-likeness (QED) is 0.767. The van der Waals surface area contributed by atoms with Crippen LogP contribution in [0, 0.1) is 11.3 Å². The van der Waals surface area contributed by atoms with E-state index in [2.05, 4.69) is 62.3 Å². The molecule has 0 radical (unpaired) electrons. The maximum Gasteiger partial charge on any atom is 0.158 e. The largest absolute Gasteiger partial charge is 0.352 e. The van der Waals surface area contributed by atoms with Crippen LogP contribution in [0.2, 0.25) is 0 Å². The van der Waals surface area contributed by atoms with E-state index in [4.69, 9.17) is 5.26 Å². The third kappa shape index (κ3) is 4.25. The van der Waals surface area contributed by atoms with Crippen molar-refractivity contribution in [1.29, 1.82) is 5.26 Å². The van der Waals surface area contributed by atoms with Crippen molar-refractivity contribution in [3.63, 3.8) is 0 Å². The maximum atomic E-state index is 8.79. The third-order valence-electron chi connectivity index (χ3n) is 5.52. The molecule has 0 spiro atoms. The van der Waals surface area contributed by atoms with Gasteiger partial charge in [0.15, 0.2) is 5.69 Å². The van der Waals surface area contributed by atoms with Gasteiger partial charge >= 0.3 is 0 Å². The highest BCUT2D eigenvalue weighted by molar-refractivity contribution is 5.35. The fourth-order valence-electron chi connectivity index (χ4n) is 3.85. The molecule has 0 saturated carbocycles. The van der Waals surface area contributed by atoms with Crippen LogP contribution in [0.25, 0.3) is 0 Å². The second-order valence-electron chi connectivity index (χ2n) is 7.42. The fraction of sp³-hybridized carbons (Fsp3) is 0.450. The van der Waals surface area contributed by atoms with Crippen molar-refractivity contribution in [3.05, 3.63) is 53.5 Å². The highest BCUT2D eigenvalue weighted by atomic mass is 15.5. The molecule has 0 bridgehead atoms. The number of likely N-dealkylation sites (tertiary alicyclic amines) is 1. The Bertz CT molecular complexity index is 789. The van der Waals surface area contributed by atoms with Crippen molar-refractivity contribution in [1.82, 2.24) is 25.7 Å². The number of benzene rings is 1. The van der Waals surface area contributed by atoms with Gasteiger partial charge in [0.25, 0.3) is 0 Å². The minimum atomic E-state index is 0.0609. The normalized spacial score (nSPS) is 23.9. The molecule has 2 saturated heterocycles. The molecule has 2 aromatic rings. The Morgan fingerprint density at radius 1 is 1.07 bits per heavy atom. The van der Waals surface area contributed by atoms with Gasteiger partial charge in [-0.3, -0.25) is 0 Å². The van der Waals surface area contributed by atoms with Gasteiger partial charge in [-0.15, -0.1) is 0 Å². The summed E-state index contributed by atoms with van der Waals surface area (Å²) in [6.07, 6.45) is 6.52. The number of rotatable bonds is 4. The number of nitrogens with zero attached hydrogens (tertiary/aromatic N) is 4. The van der Waals surface area contributed by atoms with E-state index in [1.165, 1.54) is 43.3 Å². The average Bonchev–Trinajstić information content (AvgIpc) is 3.18.